The Morgan fingerprint density at radius 1 is 1.80 bits per heavy atom. The molecule has 0 spiro atoms. The Morgan fingerprint density at radius 2 is 2.00 bits per heavy atom. The van der Waals surface area contributed by atoms with Crippen LogP contribution in [0, 0.1) is 0 Å². The minimum Gasteiger partial charge on any atom is -0.153 e. The lowest BCUT2D eigenvalue weighted by molar-refractivity contribution is 1.23. The van der Waals surface area contributed by atoms with Crippen molar-refractivity contribution in [2.24, 2.45) is 0 Å². The normalized spacial score (nSPS) is 5.00. The molecule has 1 heteroatoms. The molecule has 0 N–H and O–H groups in total. The first-order chi connectivity index (χ1) is 1.91. The molecule has 0 radical (unpaired) electrons. The van der Waals surface area contributed by atoms with Crippen molar-refractivity contribution in [2.45, 2.75) is 13.3 Å². The van der Waals surface area contributed by atoms with Crippen LogP contribution in [0.2, 0.25) is 0 Å². The summed E-state index contributed by atoms with van der Waals surface area (Å²) in [5.74, 6) is 0. The van der Waals surface area contributed by atoms with Crippen LogP contribution in [-0.2, 0) is 0 Å². The summed E-state index contributed by atoms with van der Waals surface area (Å²) in [7, 11) is 0. The van der Waals surface area contributed by atoms with Gasteiger partial charge in [0.2, 0.25) is 0 Å². The number of hydrogen-bond acceptors (Lipinski definition) is 0. The lowest BCUT2D eigenvalue weighted by Gasteiger charge is -1.57. The molecule has 1 atom stereocenters. The lowest BCUT2D eigenvalue weighted by atomic mass is 10.5. The molecule has 0 aliphatic rings. The smallest absolute Gasteiger partial charge is 0.0382 e. The summed E-state index contributed by atoms with van der Waals surface area (Å²) in [6, 6.07) is 0. The van der Waals surface area contributed by atoms with Crippen LogP contribution in [0.1, 0.15) is 13.3 Å². The van der Waals surface area contributed by atoms with Crippen molar-refractivity contribution in [1.82, 2.24) is 0 Å². The quantitative estimate of drug-likeness (QED) is 0.339. The van der Waals surface area contributed by atoms with E-state index in [-0.39, 0.29) is 9.90 Å². The fourth-order valence-electron chi connectivity index (χ4n) is 0. The third kappa shape index (κ3) is 14.3. The molecule has 0 saturated heterocycles. The highest BCUT2D eigenvalue weighted by Gasteiger charge is 1.45. The standard InChI is InChI=1S/C4H8.H3P/c1-3-4-2;/h3H,1,4H2,2H3;1H3. The van der Waals surface area contributed by atoms with Gasteiger partial charge in [-0.2, -0.15) is 9.90 Å². The van der Waals surface area contributed by atoms with E-state index >= 15 is 0 Å². The maximum atomic E-state index is 3.48. The fourth-order valence-corrected chi connectivity index (χ4v) is 0. The molecule has 0 nitrogen and oxygen atoms in total. The second kappa shape index (κ2) is 8.90. The number of allylic oxidation sites excluding steroid dienone is 1. The summed E-state index contributed by atoms with van der Waals surface area (Å²) in [6.07, 6.45) is 2.96. The van der Waals surface area contributed by atoms with Crippen molar-refractivity contribution < 1.29 is 0 Å². The Balaban J connectivity index is 0. The highest BCUT2D eigenvalue weighted by Crippen LogP contribution is 1.66. The van der Waals surface area contributed by atoms with Gasteiger partial charge in [-0.15, -0.1) is 6.58 Å². The summed E-state index contributed by atoms with van der Waals surface area (Å²) < 4.78 is 0. The van der Waals surface area contributed by atoms with Gasteiger partial charge in [0.05, 0.1) is 0 Å². The van der Waals surface area contributed by atoms with Gasteiger partial charge >= 0.3 is 0 Å². The van der Waals surface area contributed by atoms with E-state index in [0.29, 0.717) is 0 Å². The molecule has 0 bridgehead atoms. The zero-order valence-electron chi connectivity index (χ0n) is 3.70. The summed E-state index contributed by atoms with van der Waals surface area (Å²) in [6.45, 7) is 5.54. The Labute approximate surface area is 36.9 Å². The minimum atomic E-state index is 0. The molecule has 0 aromatic heterocycles. The summed E-state index contributed by atoms with van der Waals surface area (Å²) >= 11 is 0. The Morgan fingerprint density at radius 3 is 2.00 bits per heavy atom. The molecule has 0 rings (SSSR count). The molecule has 0 saturated carbocycles. The first kappa shape index (κ1) is 8.95. The lowest BCUT2D eigenvalue weighted by Crippen LogP contribution is -1.36. The zero-order chi connectivity index (χ0) is 3.41. The van der Waals surface area contributed by atoms with Gasteiger partial charge in [-0.05, 0) is 6.42 Å². The molecular formula is C4H11P. The van der Waals surface area contributed by atoms with Crippen molar-refractivity contribution in [3.8, 4) is 0 Å². The van der Waals surface area contributed by atoms with E-state index in [1.54, 1.807) is 0 Å². The van der Waals surface area contributed by atoms with Crippen molar-refractivity contribution in [3.05, 3.63) is 12.7 Å². The monoisotopic (exact) mass is 90.1 g/mol. The highest BCUT2D eigenvalue weighted by molar-refractivity contribution is 6.92. The zero-order valence-corrected chi connectivity index (χ0v) is 5.11. The molecule has 0 aromatic carbocycles. The van der Waals surface area contributed by atoms with Crippen molar-refractivity contribution in [1.29, 1.82) is 0 Å². The SMILES string of the molecule is C=CCC.P. The second-order valence-electron chi connectivity index (χ2n) is 0.697. The van der Waals surface area contributed by atoms with E-state index in [2.05, 4.69) is 13.5 Å². The number of hydrogen-bond donors (Lipinski definition) is 0. The average Bonchev–Trinajstić information content (AvgIpc) is 1.37. The fraction of sp³-hybridized carbons (Fsp3) is 0.500. The molecule has 0 heterocycles. The third-order valence-electron chi connectivity index (χ3n) is 0.289. The Kier molecular flexibility index (Phi) is 15.9. The molecule has 1 unspecified atom stereocenters. The van der Waals surface area contributed by atoms with Gasteiger partial charge < -0.3 is 0 Å². The molecule has 0 fully saturated rings. The third-order valence-corrected chi connectivity index (χ3v) is 0.289. The largest absolute Gasteiger partial charge is 0.153 e. The van der Waals surface area contributed by atoms with Crippen LogP contribution in [0.3, 0.4) is 0 Å². The molecule has 32 valence electrons. The van der Waals surface area contributed by atoms with Crippen LogP contribution in [-0.4, -0.2) is 0 Å². The van der Waals surface area contributed by atoms with Crippen LogP contribution in [0.15, 0.2) is 12.7 Å². The minimum absolute atomic E-state index is 0. The maximum absolute atomic E-state index is 3.48. The van der Waals surface area contributed by atoms with Crippen LogP contribution in [0.4, 0.5) is 0 Å². The first-order valence-corrected chi connectivity index (χ1v) is 1.52. The van der Waals surface area contributed by atoms with E-state index in [4.69, 9.17) is 0 Å². The molecule has 0 aromatic rings. The molecule has 5 heavy (non-hydrogen) atoms. The Bertz CT molecular complexity index is 17.6. The second-order valence-corrected chi connectivity index (χ2v) is 0.697. The summed E-state index contributed by atoms with van der Waals surface area (Å²) in [4.78, 5) is 0. The maximum Gasteiger partial charge on any atom is -0.0382 e. The van der Waals surface area contributed by atoms with Crippen molar-refractivity contribution in [2.75, 3.05) is 0 Å². The van der Waals surface area contributed by atoms with Crippen LogP contribution in [0.25, 0.3) is 0 Å². The van der Waals surface area contributed by atoms with E-state index in [1.807, 2.05) is 6.08 Å². The molecule has 0 aliphatic carbocycles. The van der Waals surface area contributed by atoms with Gasteiger partial charge in [0.1, 0.15) is 0 Å². The Hall–Kier alpha value is 0.170. The molecule has 0 aliphatic heterocycles. The van der Waals surface area contributed by atoms with E-state index in [1.165, 1.54) is 0 Å². The van der Waals surface area contributed by atoms with Crippen LogP contribution in [0.5, 0.6) is 0 Å². The van der Waals surface area contributed by atoms with Gasteiger partial charge in [0.25, 0.3) is 0 Å². The predicted octanol–water partition coefficient (Wildman–Crippen LogP) is 1.64. The van der Waals surface area contributed by atoms with E-state index in [9.17, 15) is 0 Å². The molecule has 0 amide bonds. The van der Waals surface area contributed by atoms with Gasteiger partial charge in [-0.25, -0.2) is 0 Å². The van der Waals surface area contributed by atoms with Gasteiger partial charge in [-0.1, -0.05) is 13.0 Å². The van der Waals surface area contributed by atoms with Gasteiger partial charge in [0.15, 0.2) is 0 Å². The van der Waals surface area contributed by atoms with Gasteiger partial charge in [0, 0.05) is 0 Å². The van der Waals surface area contributed by atoms with Crippen molar-refractivity contribution in [3.63, 3.8) is 0 Å². The van der Waals surface area contributed by atoms with Crippen molar-refractivity contribution >= 4 is 9.90 Å². The van der Waals surface area contributed by atoms with E-state index in [0.717, 1.165) is 6.42 Å². The van der Waals surface area contributed by atoms with E-state index < -0.39 is 0 Å². The number of rotatable bonds is 1. The van der Waals surface area contributed by atoms with Crippen LogP contribution < -0.4 is 0 Å². The highest BCUT2D eigenvalue weighted by atomic mass is 31.0. The first-order valence-electron chi connectivity index (χ1n) is 1.52. The topological polar surface area (TPSA) is 0 Å². The summed E-state index contributed by atoms with van der Waals surface area (Å²) in [5.41, 5.74) is 0. The van der Waals surface area contributed by atoms with Gasteiger partial charge in [-0.3, -0.25) is 0 Å². The molecular weight excluding hydrogens is 79.0 g/mol. The predicted molar refractivity (Wildman–Crippen MR) is 31.6 cm³/mol. The summed E-state index contributed by atoms with van der Waals surface area (Å²) in [5, 5.41) is 0. The van der Waals surface area contributed by atoms with Crippen LogP contribution >= 0.6 is 9.90 Å². The average molecular weight is 90.1 g/mol.